The highest BCUT2D eigenvalue weighted by molar-refractivity contribution is 5.78. The lowest BCUT2D eigenvalue weighted by Gasteiger charge is -2.27. The molecular formula is C16H32N2O2. The Bertz CT molecular complexity index is 296. The summed E-state index contributed by atoms with van der Waals surface area (Å²) >= 11 is 0. The van der Waals surface area contributed by atoms with Crippen LogP contribution >= 0.6 is 0 Å². The third kappa shape index (κ3) is 5.41. The van der Waals surface area contributed by atoms with Crippen molar-refractivity contribution in [3.05, 3.63) is 0 Å². The second-order valence-electron chi connectivity index (χ2n) is 6.41. The van der Waals surface area contributed by atoms with E-state index in [1.807, 2.05) is 6.92 Å². The van der Waals surface area contributed by atoms with Gasteiger partial charge in [-0.1, -0.05) is 20.3 Å². The zero-order chi connectivity index (χ0) is 15.0. The number of hydrogen-bond acceptors (Lipinski definition) is 3. The highest BCUT2D eigenvalue weighted by atomic mass is 16.4. The van der Waals surface area contributed by atoms with Gasteiger partial charge in [0.1, 0.15) is 5.54 Å². The highest BCUT2D eigenvalue weighted by Gasteiger charge is 2.32. The maximum Gasteiger partial charge on any atom is 0.323 e. The summed E-state index contributed by atoms with van der Waals surface area (Å²) in [6.45, 7) is 10.3. The summed E-state index contributed by atoms with van der Waals surface area (Å²) in [5.74, 6) is 0.139. The Balaban J connectivity index is 2.29. The summed E-state index contributed by atoms with van der Waals surface area (Å²) in [5, 5.41) is 12.6. The number of nitrogens with one attached hydrogen (secondary N) is 1. The monoisotopic (exact) mass is 284 g/mol. The van der Waals surface area contributed by atoms with Crippen LogP contribution in [0.5, 0.6) is 0 Å². The van der Waals surface area contributed by atoms with Gasteiger partial charge in [-0.05, 0) is 64.6 Å². The van der Waals surface area contributed by atoms with E-state index < -0.39 is 11.5 Å². The van der Waals surface area contributed by atoms with E-state index in [0.29, 0.717) is 6.42 Å². The average Bonchev–Trinajstić information content (AvgIpc) is 2.84. The van der Waals surface area contributed by atoms with Gasteiger partial charge in [-0.25, -0.2) is 0 Å². The molecule has 0 spiro atoms. The lowest BCUT2D eigenvalue weighted by atomic mass is 9.95. The molecule has 0 aromatic carbocycles. The second kappa shape index (κ2) is 8.63. The Labute approximate surface area is 123 Å². The van der Waals surface area contributed by atoms with E-state index in [4.69, 9.17) is 0 Å². The molecule has 20 heavy (non-hydrogen) atoms. The fourth-order valence-corrected chi connectivity index (χ4v) is 3.09. The van der Waals surface area contributed by atoms with E-state index in [9.17, 15) is 9.90 Å². The molecule has 118 valence electrons. The van der Waals surface area contributed by atoms with Crippen molar-refractivity contribution >= 4 is 5.97 Å². The lowest BCUT2D eigenvalue weighted by Crippen LogP contribution is -2.50. The maximum absolute atomic E-state index is 11.4. The van der Waals surface area contributed by atoms with Crippen molar-refractivity contribution < 1.29 is 9.90 Å². The third-order valence-corrected chi connectivity index (χ3v) is 4.46. The minimum atomic E-state index is -0.765. The highest BCUT2D eigenvalue weighted by Crippen LogP contribution is 2.22. The van der Waals surface area contributed by atoms with E-state index in [0.717, 1.165) is 31.8 Å². The summed E-state index contributed by atoms with van der Waals surface area (Å²) in [6.07, 6.45) is 6.55. The molecule has 0 bridgehead atoms. The molecule has 2 unspecified atom stereocenters. The predicted octanol–water partition coefficient (Wildman–Crippen LogP) is 2.73. The average molecular weight is 284 g/mol. The zero-order valence-corrected chi connectivity index (χ0v) is 13.5. The summed E-state index contributed by atoms with van der Waals surface area (Å²) in [7, 11) is 0. The molecule has 0 saturated carbocycles. The summed E-state index contributed by atoms with van der Waals surface area (Å²) in [6, 6.07) is 0. The van der Waals surface area contributed by atoms with Gasteiger partial charge in [0, 0.05) is 6.54 Å². The van der Waals surface area contributed by atoms with Crippen molar-refractivity contribution in [3.8, 4) is 0 Å². The molecule has 0 amide bonds. The van der Waals surface area contributed by atoms with Crippen molar-refractivity contribution in [2.24, 2.45) is 5.92 Å². The molecule has 4 nitrogen and oxygen atoms in total. The van der Waals surface area contributed by atoms with Crippen molar-refractivity contribution in [2.45, 2.75) is 64.8 Å². The summed E-state index contributed by atoms with van der Waals surface area (Å²) < 4.78 is 0. The van der Waals surface area contributed by atoms with Gasteiger partial charge in [0.25, 0.3) is 0 Å². The fraction of sp³-hybridized carbons (Fsp3) is 0.938. The van der Waals surface area contributed by atoms with Crippen LogP contribution in [0, 0.1) is 5.92 Å². The molecule has 1 rings (SSSR count). The fourth-order valence-electron chi connectivity index (χ4n) is 3.09. The van der Waals surface area contributed by atoms with Gasteiger partial charge in [0.2, 0.25) is 0 Å². The minimum Gasteiger partial charge on any atom is -0.480 e. The van der Waals surface area contributed by atoms with Gasteiger partial charge in [0.15, 0.2) is 0 Å². The molecule has 0 aromatic heterocycles. The molecule has 1 fully saturated rings. The Hall–Kier alpha value is -0.610. The van der Waals surface area contributed by atoms with Crippen LogP contribution in [0.2, 0.25) is 0 Å². The van der Waals surface area contributed by atoms with Gasteiger partial charge in [-0.3, -0.25) is 4.79 Å². The summed E-state index contributed by atoms with van der Waals surface area (Å²) in [4.78, 5) is 13.9. The third-order valence-electron chi connectivity index (χ3n) is 4.46. The van der Waals surface area contributed by atoms with E-state index >= 15 is 0 Å². The van der Waals surface area contributed by atoms with E-state index in [2.05, 4.69) is 24.1 Å². The smallest absolute Gasteiger partial charge is 0.323 e. The van der Waals surface area contributed by atoms with Crippen LogP contribution in [0.3, 0.4) is 0 Å². The van der Waals surface area contributed by atoms with Crippen LogP contribution in [-0.2, 0) is 4.79 Å². The molecule has 0 aromatic rings. The first kappa shape index (κ1) is 17.4. The van der Waals surface area contributed by atoms with Crippen LogP contribution in [-0.4, -0.2) is 47.7 Å². The van der Waals surface area contributed by atoms with Crippen molar-refractivity contribution in [1.29, 1.82) is 0 Å². The SMILES string of the molecule is CCCNC(C)(CCCN1CCC(CCC)C1)C(=O)O. The van der Waals surface area contributed by atoms with E-state index in [-0.39, 0.29) is 0 Å². The van der Waals surface area contributed by atoms with Crippen molar-refractivity contribution in [3.63, 3.8) is 0 Å². The maximum atomic E-state index is 11.4. The van der Waals surface area contributed by atoms with Crippen molar-refractivity contribution in [2.75, 3.05) is 26.2 Å². The number of hydrogen-bond donors (Lipinski definition) is 2. The molecule has 1 saturated heterocycles. The first-order chi connectivity index (χ1) is 9.51. The number of nitrogens with zero attached hydrogens (tertiary/aromatic N) is 1. The topological polar surface area (TPSA) is 52.6 Å². The molecule has 0 radical (unpaired) electrons. The Morgan fingerprint density at radius 2 is 2.15 bits per heavy atom. The van der Waals surface area contributed by atoms with Crippen LogP contribution in [0.1, 0.15) is 59.3 Å². The Morgan fingerprint density at radius 1 is 1.40 bits per heavy atom. The van der Waals surface area contributed by atoms with Crippen LogP contribution in [0.25, 0.3) is 0 Å². The molecule has 1 aliphatic rings. The van der Waals surface area contributed by atoms with Crippen molar-refractivity contribution in [1.82, 2.24) is 10.2 Å². The number of aliphatic carboxylic acids is 1. The number of likely N-dealkylation sites (tertiary alicyclic amines) is 1. The van der Waals surface area contributed by atoms with Crippen LogP contribution < -0.4 is 5.32 Å². The molecule has 4 heteroatoms. The molecule has 1 heterocycles. The molecule has 1 aliphatic heterocycles. The predicted molar refractivity (Wildman–Crippen MR) is 83.0 cm³/mol. The minimum absolute atomic E-state index is 0.706. The van der Waals surface area contributed by atoms with E-state index in [1.165, 1.54) is 32.4 Å². The van der Waals surface area contributed by atoms with Gasteiger partial charge >= 0.3 is 5.97 Å². The largest absolute Gasteiger partial charge is 0.480 e. The molecule has 0 aliphatic carbocycles. The van der Waals surface area contributed by atoms with Gasteiger partial charge in [-0.15, -0.1) is 0 Å². The van der Waals surface area contributed by atoms with E-state index in [1.54, 1.807) is 0 Å². The molecule has 2 atom stereocenters. The van der Waals surface area contributed by atoms with Crippen LogP contribution in [0.4, 0.5) is 0 Å². The first-order valence-electron chi connectivity index (χ1n) is 8.22. The molecular weight excluding hydrogens is 252 g/mol. The quantitative estimate of drug-likeness (QED) is 0.647. The van der Waals surface area contributed by atoms with Gasteiger partial charge < -0.3 is 15.3 Å². The standard InChI is InChI=1S/C16H32N2O2/c1-4-7-14-8-12-18(13-14)11-6-9-16(3,15(19)20)17-10-5-2/h14,17H,4-13H2,1-3H3,(H,19,20). The normalized spacial score (nSPS) is 22.9. The zero-order valence-electron chi connectivity index (χ0n) is 13.5. The van der Waals surface area contributed by atoms with Gasteiger partial charge in [-0.2, -0.15) is 0 Å². The van der Waals surface area contributed by atoms with Gasteiger partial charge in [0.05, 0.1) is 0 Å². The summed E-state index contributed by atoms with van der Waals surface area (Å²) in [5.41, 5.74) is -0.765. The number of rotatable bonds is 10. The number of carboxylic acid groups (broad SMARTS) is 1. The van der Waals surface area contributed by atoms with Crippen LogP contribution in [0.15, 0.2) is 0 Å². The molecule has 2 N–H and O–H groups in total. The Kier molecular flexibility index (Phi) is 7.52. The first-order valence-corrected chi connectivity index (χ1v) is 8.22. The number of carbonyl (C=O) groups is 1. The lowest BCUT2D eigenvalue weighted by molar-refractivity contribution is -0.144. The Morgan fingerprint density at radius 3 is 2.75 bits per heavy atom. The second-order valence-corrected chi connectivity index (χ2v) is 6.41. The number of carboxylic acids is 1.